The first-order valence-electron chi connectivity index (χ1n) is 8.84. The highest BCUT2D eigenvalue weighted by Crippen LogP contribution is 2.39. The van der Waals surface area contributed by atoms with Gasteiger partial charge in [-0.05, 0) is 48.7 Å². The summed E-state index contributed by atoms with van der Waals surface area (Å²) in [5, 5.41) is 33.0. The number of benzene rings is 2. The van der Waals surface area contributed by atoms with Crippen LogP contribution in [0.4, 0.5) is 0 Å². The van der Waals surface area contributed by atoms with E-state index in [0.717, 1.165) is 11.1 Å². The number of hydrogen-bond acceptors (Lipinski definition) is 6. The third-order valence-corrected chi connectivity index (χ3v) is 4.75. The van der Waals surface area contributed by atoms with E-state index in [1.165, 1.54) is 0 Å². The van der Waals surface area contributed by atoms with E-state index < -0.39 is 25.1 Å². The fraction of sp³-hybridized carbons (Fsp3) is 0.400. The number of aliphatic hydroxyl groups is 3. The summed E-state index contributed by atoms with van der Waals surface area (Å²) in [6.07, 6.45) is 0.0714. The fourth-order valence-corrected chi connectivity index (χ4v) is 3.21. The number of halogens is 1. The summed E-state index contributed by atoms with van der Waals surface area (Å²) in [6.45, 7) is 1.56. The van der Waals surface area contributed by atoms with E-state index in [2.05, 4.69) is 5.32 Å². The number of aliphatic hydroxyl groups excluding tert-OH is 3. The van der Waals surface area contributed by atoms with Crippen LogP contribution in [0.25, 0.3) is 0 Å². The van der Waals surface area contributed by atoms with E-state index in [-0.39, 0.29) is 6.04 Å². The molecule has 0 saturated heterocycles. The Morgan fingerprint density at radius 1 is 1.07 bits per heavy atom. The van der Waals surface area contributed by atoms with Crippen LogP contribution in [0, 0.1) is 0 Å². The molecule has 0 aliphatic carbocycles. The van der Waals surface area contributed by atoms with Gasteiger partial charge in [0.1, 0.15) is 13.2 Å². The van der Waals surface area contributed by atoms with Crippen LogP contribution in [0.5, 0.6) is 11.5 Å². The minimum Gasteiger partial charge on any atom is -0.444 e. The minimum absolute atomic E-state index is 0.111. The molecule has 0 spiro atoms. The highest BCUT2D eigenvalue weighted by Gasteiger charge is 2.40. The molecule has 1 heterocycles. The second-order valence-electron chi connectivity index (χ2n) is 6.80. The molecular formula is C20H24ClNO5. The predicted octanol–water partition coefficient (Wildman–Crippen LogP) is 2.05. The molecule has 1 aliphatic rings. The Labute approximate surface area is 163 Å². The third-order valence-electron chi connectivity index (χ3n) is 4.52. The van der Waals surface area contributed by atoms with Crippen molar-refractivity contribution in [2.24, 2.45) is 0 Å². The van der Waals surface area contributed by atoms with Crippen molar-refractivity contribution < 1.29 is 24.8 Å². The monoisotopic (exact) mass is 393 g/mol. The van der Waals surface area contributed by atoms with Crippen molar-refractivity contribution in [3.63, 3.8) is 0 Å². The molecule has 1 aliphatic heterocycles. The summed E-state index contributed by atoms with van der Waals surface area (Å²) in [4.78, 5) is 0. The lowest BCUT2D eigenvalue weighted by molar-refractivity contribution is -0.143. The van der Waals surface area contributed by atoms with Gasteiger partial charge in [-0.1, -0.05) is 29.8 Å². The van der Waals surface area contributed by atoms with Crippen molar-refractivity contribution >= 4 is 11.6 Å². The molecule has 4 N–H and O–H groups in total. The van der Waals surface area contributed by atoms with Crippen LogP contribution in [0.1, 0.15) is 24.2 Å². The van der Waals surface area contributed by atoms with E-state index in [1.54, 1.807) is 18.2 Å². The zero-order chi connectivity index (χ0) is 19.4. The lowest BCUT2D eigenvalue weighted by Gasteiger charge is -2.22. The highest BCUT2D eigenvalue weighted by molar-refractivity contribution is 6.30. The average molecular weight is 394 g/mol. The van der Waals surface area contributed by atoms with Crippen molar-refractivity contribution in [2.45, 2.75) is 31.3 Å². The maximum Gasteiger partial charge on any atom is 0.297 e. The summed E-state index contributed by atoms with van der Waals surface area (Å²) < 4.78 is 11.1. The van der Waals surface area contributed by atoms with Crippen LogP contribution in [0.3, 0.4) is 0 Å². The Morgan fingerprint density at radius 2 is 1.81 bits per heavy atom. The van der Waals surface area contributed by atoms with Gasteiger partial charge in [0.15, 0.2) is 11.5 Å². The molecule has 0 amide bonds. The quantitative estimate of drug-likeness (QED) is 0.548. The Kier molecular flexibility index (Phi) is 6.24. The Morgan fingerprint density at radius 3 is 2.52 bits per heavy atom. The molecule has 2 aromatic rings. The molecule has 0 aromatic heterocycles. The van der Waals surface area contributed by atoms with Gasteiger partial charge in [-0.3, -0.25) is 0 Å². The Bertz CT molecular complexity index is 781. The van der Waals surface area contributed by atoms with Crippen molar-refractivity contribution in [1.29, 1.82) is 0 Å². The van der Waals surface area contributed by atoms with Crippen LogP contribution in [0.2, 0.25) is 5.02 Å². The SMILES string of the molecule is C[C@H](Cc1ccc2c(c1)OC(CO)(CO)O2)NC[C@H](O)c1cccc(Cl)c1. The standard InChI is InChI=1S/C20H24ClNO5/c1-13(22-10-17(25)15-3-2-4-16(21)9-15)7-14-5-6-18-19(8-14)27-20(11-23,12-24)26-18/h2-6,8-9,13,17,22-25H,7,10-12H2,1H3/t13-,17+/m1/s1. The van der Waals surface area contributed by atoms with Gasteiger partial charge in [0.05, 0.1) is 6.10 Å². The van der Waals surface area contributed by atoms with Crippen molar-refractivity contribution in [1.82, 2.24) is 5.32 Å². The fourth-order valence-electron chi connectivity index (χ4n) is 3.01. The molecule has 27 heavy (non-hydrogen) atoms. The molecule has 6 nitrogen and oxygen atoms in total. The number of nitrogens with one attached hydrogen (secondary N) is 1. The van der Waals surface area contributed by atoms with Crippen molar-refractivity contribution in [3.8, 4) is 11.5 Å². The summed E-state index contributed by atoms with van der Waals surface area (Å²) in [7, 11) is 0. The molecule has 0 bridgehead atoms. The first-order chi connectivity index (χ1) is 12.9. The van der Waals surface area contributed by atoms with Gasteiger partial charge in [-0.2, -0.15) is 0 Å². The molecule has 0 unspecified atom stereocenters. The number of rotatable bonds is 8. The molecule has 0 radical (unpaired) electrons. The number of fused-ring (bicyclic) bond motifs is 1. The maximum absolute atomic E-state index is 10.3. The van der Waals surface area contributed by atoms with Gasteiger partial charge >= 0.3 is 0 Å². The van der Waals surface area contributed by atoms with E-state index in [1.807, 2.05) is 31.2 Å². The van der Waals surface area contributed by atoms with Crippen LogP contribution in [-0.4, -0.2) is 46.9 Å². The zero-order valence-corrected chi connectivity index (χ0v) is 15.8. The van der Waals surface area contributed by atoms with Gasteiger partial charge in [-0.15, -0.1) is 0 Å². The van der Waals surface area contributed by atoms with Crippen LogP contribution < -0.4 is 14.8 Å². The Balaban J connectivity index is 1.55. The van der Waals surface area contributed by atoms with Crippen LogP contribution in [-0.2, 0) is 6.42 Å². The van der Waals surface area contributed by atoms with E-state index >= 15 is 0 Å². The maximum atomic E-state index is 10.3. The lowest BCUT2D eigenvalue weighted by atomic mass is 10.1. The van der Waals surface area contributed by atoms with Gasteiger partial charge in [0.25, 0.3) is 5.79 Å². The molecule has 0 fully saturated rings. The third kappa shape index (κ3) is 4.72. The van der Waals surface area contributed by atoms with E-state index in [0.29, 0.717) is 29.5 Å². The molecule has 2 atom stereocenters. The number of ether oxygens (including phenoxy) is 2. The topological polar surface area (TPSA) is 91.2 Å². The molecule has 0 saturated carbocycles. The van der Waals surface area contributed by atoms with Gasteiger partial charge in [-0.25, -0.2) is 0 Å². The first kappa shape index (κ1) is 19.9. The molecule has 2 aromatic carbocycles. The van der Waals surface area contributed by atoms with Gasteiger partial charge in [0, 0.05) is 17.6 Å². The first-order valence-corrected chi connectivity index (χ1v) is 9.22. The lowest BCUT2D eigenvalue weighted by Crippen LogP contribution is -2.46. The minimum atomic E-state index is -1.41. The second-order valence-corrected chi connectivity index (χ2v) is 7.23. The Hall–Kier alpha value is -1.83. The second kappa shape index (κ2) is 8.46. The predicted molar refractivity (Wildman–Crippen MR) is 102 cm³/mol. The van der Waals surface area contributed by atoms with Gasteiger partial charge < -0.3 is 30.1 Å². The normalized spacial score (nSPS) is 16.9. The molecule has 7 heteroatoms. The summed E-state index contributed by atoms with van der Waals surface area (Å²) >= 11 is 5.96. The van der Waals surface area contributed by atoms with Crippen LogP contribution in [0.15, 0.2) is 42.5 Å². The summed E-state index contributed by atoms with van der Waals surface area (Å²) in [6, 6.07) is 12.8. The largest absolute Gasteiger partial charge is 0.444 e. The highest BCUT2D eigenvalue weighted by atomic mass is 35.5. The molecule has 146 valence electrons. The van der Waals surface area contributed by atoms with Crippen LogP contribution >= 0.6 is 11.6 Å². The van der Waals surface area contributed by atoms with E-state index in [9.17, 15) is 15.3 Å². The van der Waals surface area contributed by atoms with Crippen molar-refractivity contribution in [2.75, 3.05) is 19.8 Å². The number of hydrogen-bond donors (Lipinski definition) is 4. The smallest absolute Gasteiger partial charge is 0.297 e. The molecule has 3 rings (SSSR count). The molecular weight excluding hydrogens is 370 g/mol. The average Bonchev–Trinajstić information content (AvgIpc) is 3.05. The van der Waals surface area contributed by atoms with Gasteiger partial charge in [0.2, 0.25) is 0 Å². The zero-order valence-electron chi connectivity index (χ0n) is 15.1. The van der Waals surface area contributed by atoms with E-state index in [4.69, 9.17) is 21.1 Å². The summed E-state index contributed by atoms with van der Waals surface area (Å²) in [5.41, 5.74) is 1.79. The summed E-state index contributed by atoms with van der Waals surface area (Å²) in [5.74, 6) is -0.410. The van der Waals surface area contributed by atoms with Crippen molar-refractivity contribution in [3.05, 3.63) is 58.6 Å².